The second-order valence-electron chi connectivity index (χ2n) is 4.81. The fourth-order valence-corrected chi connectivity index (χ4v) is 2.25. The maximum absolute atomic E-state index is 11.6. The first-order chi connectivity index (χ1) is 10.7. The number of methoxy groups -OCH3 is 1. The lowest BCUT2D eigenvalue weighted by molar-refractivity contribution is -0.139. The lowest BCUT2D eigenvalue weighted by Crippen LogP contribution is -2.12. The Labute approximate surface area is 130 Å². The number of hydrogen-bond acceptors (Lipinski definition) is 3. The number of imidazole rings is 1. The molecule has 0 aliphatic heterocycles. The molecule has 4 nitrogen and oxygen atoms in total. The standard InChI is InChI=1S/C18H20N2O2/c1-4-6-9-14(5-2)13-20-16-11-8-7-10-15(16)19-17(20)12-18(21)22-3/h4-11H,1,12-13H2,2-3H3/b9-6-,14-5+. The average Bonchev–Trinajstić information content (AvgIpc) is 2.88. The van der Waals surface area contributed by atoms with E-state index in [2.05, 4.69) is 16.1 Å². The molecule has 0 amide bonds. The molecule has 0 bridgehead atoms. The van der Waals surface area contributed by atoms with E-state index < -0.39 is 0 Å². The Kier molecular flexibility index (Phi) is 5.31. The molecule has 0 N–H and O–H groups in total. The summed E-state index contributed by atoms with van der Waals surface area (Å²) in [6, 6.07) is 7.86. The van der Waals surface area contributed by atoms with Crippen LogP contribution in [0.2, 0.25) is 0 Å². The van der Waals surface area contributed by atoms with E-state index in [9.17, 15) is 4.79 Å². The van der Waals surface area contributed by atoms with E-state index in [1.54, 1.807) is 6.08 Å². The van der Waals surface area contributed by atoms with Crippen molar-refractivity contribution in [3.05, 3.63) is 66.5 Å². The van der Waals surface area contributed by atoms with Gasteiger partial charge in [-0.1, -0.05) is 43.0 Å². The van der Waals surface area contributed by atoms with Gasteiger partial charge in [0, 0.05) is 6.54 Å². The smallest absolute Gasteiger partial charge is 0.313 e. The Morgan fingerprint density at radius 2 is 2.18 bits per heavy atom. The van der Waals surface area contributed by atoms with Crippen molar-refractivity contribution in [3.8, 4) is 0 Å². The highest BCUT2D eigenvalue weighted by Crippen LogP contribution is 2.19. The minimum Gasteiger partial charge on any atom is -0.469 e. The molecule has 0 spiro atoms. The van der Waals surface area contributed by atoms with Crippen LogP contribution < -0.4 is 0 Å². The summed E-state index contributed by atoms with van der Waals surface area (Å²) in [6.45, 7) is 6.32. The highest BCUT2D eigenvalue weighted by Gasteiger charge is 2.14. The largest absolute Gasteiger partial charge is 0.469 e. The number of carbonyl (C=O) groups excluding carboxylic acids is 1. The van der Waals surface area contributed by atoms with Crippen LogP contribution in [0.1, 0.15) is 12.7 Å². The van der Waals surface area contributed by atoms with Gasteiger partial charge >= 0.3 is 5.97 Å². The second-order valence-corrected chi connectivity index (χ2v) is 4.81. The molecule has 0 saturated heterocycles. The van der Waals surface area contributed by atoms with E-state index in [1.165, 1.54) is 7.11 Å². The zero-order valence-corrected chi connectivity index (χ0v) is 13.0. The van der Waals surface area contributed by atoms with Crippen LogP contribution in [0.25, 0.3) is 11.0 Å². The number of aromatic nitrogens is 2. The summed E-state index contributed by atoms with van der Waals surface area (Å²) >= 11 is 0. The van der Waals surface area contributed by atoms with Crippen molar-refractivity contribution in [1.29, 1.82) is 0 Å². The predicted molar refractivity (Wildman–Crippen MR) is 88.5 cm³/mol. The number of para-hydroxylation sites is 2. The number of esters is 1. The van der Waals surface area contributed by atoms with E-state index in [-0.39, 0.29) is 12.4 Å². The lowest BCUT2D eigenvalue weighted by Gasteiger charge is -2.09. The van der Waals surface area contributed by atoms with Crippen LogP contribution >= 0.6 is 0 Å². The molecule has 0 atom stereocenters. The molecular formula is C18H20N2O2. The van der Waals surface area contributed by atoms with E-state index >= 15 is 0 Å². The number of ether oxygens (including phenoxy) is 1. The number of allylic oxidation sites excluding steroid dienone is 5. The first-order valence-corrected chi connectivity index (χ1v) is 7.14. The van der Waals surface area contributed by atoms with Gasteiger partial charge in [0.15, 0.2) is 0 Å². The summed E-state index contributed by atoms with van der Waals surface area (Å²) in [6.07, 6.45) is 7.84. The summed E-state index contributed by atoms with van der Waals surface area (Å²) in [4.78, 5) is 16.2. The van der Waals surface area contributed by atoms with Crippen LogP contribution in [-0.2, 0) is 22.5 Å². The summed E-state index contributed by atoms with van der Waals surface area (Å²) in [7, 11) is 1.39. The molecule has 0 saturated carbocycles. The van der Waals surface area contributed by atoms with Crippen LogP contribution in [0, 0.1) is 0 Å². The summed E-state index contributed by atoms with van der Waals surface area (Å²) < 4.78 is 6.82. The maximum atomic E-state index is 11.6. The third-order valence-electron chi connectivity index (χ3n) is 3.42. The van der Waals surface area contributed by atoms with Crippen molar-refractivity contribution < 1.29 is 9.53 Å². The number of rotatable bonds is 6. The van der Waals surface area contributed by atoms with Crippen molar-refractivity contribution in [1.82, 2.24) is 9.55 Å². The van der Waals surface area contributed by atoms with Gasteiger partial charge in [0.25, 0.3) is 0 Å². The monoisotopic (exact) mass is 296 g/mol. The summed E-state index contributed by atoms with van der Waals surface area (Å²) in [5.41, 5.74) is 3.01. The van der Waals surface area contributed by atoms with Crippen LogP contribution in [0.5, 0.6) is 0 Å². The molecule has 22 heavy (non-hydrogen) atoms. The van der Waals surface area contributed by atoms with Gasteiger partial charge < -0.3 is 9.30 Å². The molecule has 114 valence electrons. The van der Waals surface area contributed by atoms with E-state index in [0.29, 0.717) is 12.4 Å². The SMILES string of the molecule is C=C/C=C\C(=C/C)Cn1c(CC(=O)OC)nc2ccccc21. The number of fused-ring (bicyclic) bond motifs is 1. The molecule has 0 fully saturated rings. The van der Waals surface area contributed by atoms with Gasteiger partial charge in [-0.25, -0.2) is 4.98 Å². The first kappa shape index (κ1) is 15.8. The fourth-order valence-electron chi connectivity index (χ4n) is 2.25. The van der Waals surface area contributed by atoms with Gasteiger partial charge in [0.2, 0.25) is 0 Å². The van der Waals surface area contributed by atoms with Gasteiger partial charge in [0.05, 0.1) is 18.1 Å². The van der Waals surface area contributed by atoms with E-state index in [4.69, 9.17) is 4.74 Å². The molecule has 0 radical (unpaired) electrons. The topological polar surface area (TPSA) is 44.1 Å². The Morgan fingerprint density at radius 1 is 1.41 bits per heavy atom. The molecule has 2 aromatic rings. The zero-order chi connectivity index (χ0) is 15.9. The van der Waals surface area contributed by atoms with E-state index in [1.807, 2.05) is 49.4 Å². The predicted octanol–water partition coefficient (Wildman–Crippen LogP) is 3.44. The Hall–Kier alpha value is -2.62. The number of nitrogens with zero attached hydrogens (tertiary/aromatic N) is 2. The molecule has 2 rings (SSSR count). The summed E-state index contributed by atoms with van der Waals surface area (Å²) in [5.74, 6) is 0.416. The molecule has 1 heterocycles. The number of benzene rings is 1. The average molecular weight is 296 g/mol. The molecule has 4 heteroatoms. The Morgan fingerprint density at radius 3 is 2.86 bits per heavy atom. The zero-order valence-electron chi connectivity index (χ0n) is 13.0. The third-order valence-corrected chi connectivity index (χ3v) is 3.42. The normalized spacial score (nSPS) is 12.0. The fraction of sp³-hybridized carbons (Fsp3) is 0.222. The highest BCUT2D eigenvalue weighted by molar-refractivity contribution is 5.78. The molecular weight excluding hydrogens is 276 g/mol. The third kappa shape index (κ3) is 3.52. The quantitative estimate of drug-likeness (QED) is 0.606. The molecule has 0 aliphatic carbocycles. The molecule has 1 aromatic carbocycles. The minimum atomic E-state index is -0.291. The van der Waals surface area contributed by atoms with Gasteiger partial charge in [-0.15, -0.1) is 0 Å². The van der Waals surface area contributed by atoms with Crippen LogP contribution in [-0.4, -0.2) is 22.6 Å². The lowest BCUT2D eigenvalue weighted by atomic mass is 10.2. The number of carbonyl (C=O) groups is 1. The van der Waals surface area contributed by atoms with Crippen molar-refractivity contribution in [2.75, 3.05) is 7.11 Å². The second kappa shape index (κ2) is 7.41. The van der Waals surface area contributed by atoms with Crippen LogP contribution in [0.4, 0.5) is 0 Å². The minimum absolute atomic E-state index is 0.160. The maximum Gasteiger partial charge on any atom is 0.313 e. The van der Waals surface area contributed by atoms with Gasteiger partial charge in [-0.05, 0) is 24.6 Å². The summed E-state index contributed by atoms with van der Waals surface area (Å²) in [5, 5.41) is 0. The Balaban J connectivity index is 2.44. The first-order valence-electron chi connectivity index (χ1n) is 7.14. The molecule has 0 unspecified atom stereocenters. The molecule has 1 aromatic heterocycles. The van der Waals surface area contributed by atoms with Crippen molar-refractivity contribution in [2.45, 2.75) is 19.9 Å². The van der Waals surface area contributed by atoms with E-state index in [0.717, 1.165) is 16.6 Å². The number of hydrogen-bond donors (Lipinski definition) is 0. The molecule has 0 aliphatic rings. The Bertz CT molecular complexity index is 739. The van der Waals surface area contributed by atoms with Gasteiger partial charge in [-0.3, -0.25) is 4.79 Å². The van der Waals surface area contributed by atoms with Crippen LogP contribution in [0.15, 0.2) is 60.7 Å². The van der Waals surface area contributed by atoms with Crippen molar-refractivity contribution >= 4 is 17.0 Å². The van der Waals surface area contributed by atoms with Gasteiger partial charge in [0.1, 0.15) is 12.2 Å². The van der Waals surface area contributed by atoms with Gasteiger partial charge in [-0.2, -0.15) is 0 Å². The van der Waals surface area contributed by atoms with Crippen molar-refractivity contribution in [3.63, 3.8) is 0 Å². The van der Waals surface area contributed by atoms with Crippen LogP contribution in [0.3, 0.4) is 0 Å². The highest BCUT2D eigenvalue weighted by atomic mass is 16.5. The van der Waals surface area contributed by atoms with Crippen molar-refractivity contribution in [2.24, 2.45) is 0 Å².